The standard InChI is InChI=1S/C16H30O5S2/c1-3-5-7-9-11-22-13(14(17)18)16(21,15(19)20)23-12-10-8-6-4-2/h13,21H,3-12H2,1-2H3,(H,17,18)(H,19,20). The van der Waals surface area contributed by atoms with Crippen LogP contribution in [0.5, 0.6) is 0 Å². The van der Waals surface area contributed by atoms with Crippen LogP contribution in [0.2, 0.25) is 0 Å². The molecule has 0 aliphatic rings. The summed E-state index contributed by atoms with van der Waals surface area (Å²) in [4.78, 5) is 20.7. The van der Waals surface area contributed by atoms with E-state index in [1.165, 1.54) is 0 Å². The average Bonchev–Trinajstić information content (AvgIpc) is 2.49. The molecular formula is C16H30O5S2. The number of unbranched alkanes of at least 4 members (excludes halogenated alkanes) is 6. The highest BCUT2D eigenvalue weighted by atomic mass is 32.2. The number of carbonyl (C=O) groups is 2. The average molecular weight is 367 g/mol. The number of thioether (sulfide) groups is 2. The highest BCUT2D eigenvalue weighted by molar-refractivity contribution is 8.05. The second kappa shape index (κ2) is 13.0. The lowest BCUT2D eigenvalue weighted by Gasteiger charge is -2.28. The molecule has 0 rings (SSSR count). The van der Waals surface area contributed by atoms with Crippen molar-refractivity contribution in [1.82, 2.24) is 0 Å². The first-order chi connectivity index (χ1) is 10.9. The molecule has 0 aromatic rings. The highest BCUT2D eigenvalue weighted by Gasteiger charge is 2.49. The van der Waals surface area contributed by atoms with Crippen LogP contribution in [0.1, 0.15) is 65.2 Å². The zero-order valence-electron chi connectivity index (χ0n) is 14.1. The molecule has 2 unspecified atom stereocenters. The van der Waals surface area contributed by atoms with Crippen LogP contribution in [-0.2, 0) is 9.59 Å². The van der Waals surface area contributed by atoms with Gasteiger partial charge >= 0.3 is 11.9 Å². The SMILES string of the molecule is CCCCCCSC(C(=O)O)C(O)(SCCCCCC)C(=O)O. The Morgan fingerprint density at radius 1 is 0.913 bits per heavy atom. The molecule has 0 fully saturated rings. The maximum Gasteiger partial charge on any atom is 0.348 e. The van der Waals surface area contributed by atoms with E-state index in [-0.39, 0.29) is 0 Å². The predicted molar refractivity (Wildman–Crippen MR) is 97.2 cm³/mol. The van der Waals surface area contributed by atoms with Crippen LogP contribution in [0, 0.1) is 0 Å². The molecule has 2 atom stereocenters. The van der Waals surface area contributed by atoms with E-state index in [1.807, 2.05) is 0 Å². The van der Waals surface area contributed by atoms with Crippen molar-refractivity contribution in [3.63, 3.8) is 0 Å². The van der Waals surface area contributed by atoms with Gasteiger partial charge in [-0.15, -0.1) is 23.5 Å². The fourth-order valence-electron chi connectivity index (χ4n) is 2.09. The molecule has 0 heterocycles. The lowest BCUT2D eigenvalue weighted by atomic mass is 10.2. The quantitative estimate of drug-likeness (QED) is 0.299. The molecule has 0 spiro atoms. The van der Waals surface area contributed by atoms with Crippen LogP contribution in [0.3, 0.4) is 0 Å². The Morgan fingerprint density at radius 2 is 1.43 bits per heavy atom. The minimum absolute atomic E-state index is 0.447. The van der Waals surface area contributed by atoms with Gasteiger partial charge in [-0.05, 0) is 24.3 Å². The van der Waals surface area contributed by atoms with Crippen molar-refractivity contribution in [3.05, 3.63) is 0 Å². The molecule has 0 saturated heterocycles. The molecule has 0 saturated carbocycles. The van der Waals surface area contributed by atoms with E-state index in [4.69, 9.17) is 0 Å². The Bertz CT molecular complexity index is 351. The summed E-state index contributed by atoms with van der Waals surface area (Å²) < 4.78 is 0. The van der Waals surface area contributed by atoms with Gasteiger partial charge in [0.15, 0.2) is 5.25 Å². The summed E-state index contributed by atoms with van der Waals surface area (Å²) in [6.07, 6.45) is 7.85. The molecule has 23 heavy (non-hydrogen) atoms. The van der Waals surface area contributed by atoms with Crippen molar-refractivity contribution < 1.29 is 24.9 Å². The van der Waals surface area contributed by atoms with Crippen molar-refractivity contribution in [2.75, 3.05) is 11.5 Å². The Kier molecular flexibility index (Phi) is 12.7. The molecule has 0 radical (unpaired) electrons. The van der Waals surface area contributed by atoms with Gasteiger partial charge in [-0.25, -0.2) is 4.79 Å². The molecule has 0 bridgehead atoms. The van der Waals surface area contributed by atoms with Gasteiger partial charge in [-0.3, -0.25) is 4.79 Å². The van der Waals surface area contributed by atoms with Gasteiger partial charge in [-0.1, -0.05) is 52.4 Å². The zero-order valence-corrected chi connectivity index (χ0v) is 15.8. The van der Waals surface area contributed by atoms with E-state index in [2.05, 4.69) is 13.8 Å². The summed E-state index contributed by atoms with van der Waals surface area (Å²) in [5.41, 5.74) is 0. The Labute approximate surface area is 147 Å². The Hall–Kier alpha value is -0.400. The lowest BCUT2D eigenvalue weighted by molar-refractivity contribution is -0.155. The van der Waals surface area contributed by atoms with E-state index in [0.29, 0.717) is 11.5 Å². The van der Waals surface area contributed by atoms with Gasteiger partial charge in [0.25, 0.3) is 0 Å². The van der Waals surface area contributed by atoms with Crippen molar-refractivity contribution in [2.24, 2.45) is 0 Å². The minimum atomic E-state index is -2.27. The molecule has 0 aromatic heterocycles. The Morgan fingerprint density at radius 3 is 1.87 bits per heavy atom. The van der Waals surface area contributed by atoms with E-state index in [9.17, 15) is 24.9 Å². The first-order valence-electron chi connectivity index (χ1n) is 8.34. The third-order valence-corrected chi connectivity index (χ3v) is 6.38. The fraction of sp³-hybridized carbons (Fsp3) is 0.875. The molecule has 7 heteroatoms. The van der Waals surface area contributed by atoms with Crippen molar-refractivity contribution in [2.45, 2.75) is 75.4 Å². The summed E-state index contributed by atoms with van der Waals surface area (Å²) >= 11 is 1.87. The second-order valence-corrected chi connectivity index (χ2v) is 8.09. The largest absolute Gasteiger partial charge is 0.480 e. The number of carboxylic acids is 2. The van der Waals surface area contributed by atoms with E-state index >= 15 is 0 Å². The molecular weight excluding hydrogens is 336 g/mol. The zero-order chi connectivity index (χ0) is 17.7. The smallest absolute Gasteiger partial charge is 0.348 e. The maximum atomic E-state index is 11.5. The summed E-state index contributed by atoms with van der Waals surface area (Å²) in [7, 11) is 0. The number of rotatable bonds is 15. The van der Waals surface area contributed by atoms with Gasteiger partial charge in [0.2, 0.25) is 4.93 Å². The third kappa shape index (κ3) is 8.86. The molecule has 0 amide bonds. The van der Waals surface area contributed by atoms with Crippen LogP contribution in [0.25, 0.3) is 0 Å². The van der Waals surface area contributed by atoms with E-state index < -0.39 is 22.1 Å². The molecule has 0 aliphatic heterocycles. The third-order valence-electron chi connectivity index (χ3n) is 3.49. The van der Waals surface area contributed by atoms with Gasteiger partial charge < -0.3 is 15.3 Å². The maximum absolute atomic E-state index is 11.5. The first-order valence-corrected chi connectivity index (χ1v) is 10.4. The number of aliphatic hydroxyl groups is 1. The molecule has 0 aromatic carbocycles. The molecule has 0 aliphatic carbocycles. The summed E-state index contributed by atoms with van der Waals surface area (Å²) in [6.45, 7) is 4.17. The van der Waals surface area contributed by atoms with E-state index in [0.717, 1.165) is 74.9 Å². The molecule has 136 valence electrons. The van der Waals surface area contributed by atoms with Crippen LogP contribution in [-0.4, -0.2) is 48.9 Å². The summed E-state index contributed by atoms with van der Waals surface area (Å²) in [5.74, 6) is -1.74. The minimum Gasteiger partial charge on any atom is -0.480 e. The van der Waals surface area contributed by atoms with Gasteiger partial charge in [0.1, 0.15) is 0 Å². The first kappa shape index (κ1) is 22.6. The molecule has 5 nitrogen and oxygen atoms in total. The van der Waals surface area contributed by atoms with Crippen molar-refractivity contribution >= 4 is 35.5 Å². The highest BCUT2D eigenvalue weighted by Crippen LogP contribution is 2.35. The number of hydrogen-bond donors (Lipinski definition) is 3. The van der Waals surface area contributed by atoms with Crippen LogP contribution in [0.4, 0.5) is 0 Å². The van der Waals surface area contributed by atoms with Crippen LogP contribution >= 0.6 is 23.5 Å². The lowest BCUT2D eigenvalue weighted by Crippen LogP contribution is -2.49. The Balaban J connectivity index is 4.60. The van der Waals surface area contributed by atoms with Gasteiger partial charge in [0.05, 0.1) is 0 Å². The van der Waals surface area contributed by atoms with Crippen molar-refractivity contribution in [3.8, 4) is 0 Å². The number of carboxylic acid groups (broad SMARTS) is 2. The van der Waals surface area contributed by atoms with Crippen LogP contribution < -0.4 is 0 Å². The summed E-state index contributed by atoms with van der Waals surface area (Å²) in [5, 5.41) is 27.8. The van der Waals surface area contributed by atoms with Crippen LogP contribution in [0.15, 0.2) is 0 Å². The predicted octanol–water partition coefficient (Wildman–Crippen LogP) is 3.84. The number of hydrogen-bond acceptors (Lipinski definition) is 5. The number of aliphatic carboxylic acids is 2. The van der Waals surface area contributed by atoms with Crippen molar-refractivity contribution in [1.29, 1.82) is 0 Å². The monoisotopic (exact) mass is 366 g/mol. The van der Waals surface area contributed by atoms with Gasteiger partial charge in [0, 0.05) is 0 Å². The second-order valence-electron chi connectivity index (χ2n) is 5.56. The van der Waals surface area contributed by atoms with Gasteiger partial charge in [-0.2, -0.15) is 0 Å². The summed E-state index contributed by atoms with van der Waals surface area (Å²) in [6, 6.07) is 0. The normalized spacial score (nSPS) is 15.1. The van der Waals surface area contributed by atoms with E-state index in [1.54, 1.807) is 0 Å². The fourth-order valence-corrected chi connectivity index (χ4v) is 4.61. The topological polar surface area (TPSA) is 94.8 Å². The molecule has 3 N–H and O–H groups in total.